The predicted octanol–water partition coefficient (Wildman–Crippen LogP) is 2.69. The zero-order chi connectivity index (χ0) is 8.27. The zero-order valence-corrected chi connectivity index (χ0v) is 7.64. The number of hydrogen-bond acceptors (Lipinski definition) is 2. The van der Waals surface area contributed by atoms with Gasteiger partial charge in [-0.3, -0.25) is 0 Å². The van der Waals surface area contributed by atoms with E-state index in [1.54, 1.807) is 7.11 Å². The lowest BCUT2D eigenvalue weighted by molar-refractivity contribution is 0.410. The van der Waals surface area contributed by atoms with Gasteiger partial charge >= 0.3 is 0 Å². The summed E-state index contributed by atoms with van der Waals surface area (Å²) in [7, 11) is 1.68. The van der Waals surface area contributed by atoms with E-state index in [4.69, 9.17) is 4.74 Å². The number of ether oxygens (including phenoxy) is 1. The summed E-state index contributed by atoms with van der Waals surface area (Å²) in [5.74, 6) is 0.912. The van der Waals surface area contributed by atoms with Gasteiger partial charge in [-0.2, -0.15) is 12.6 Å². The van der Waals surface area contributed by atoms with Crippen LogP contribution in [0.5, 0.6) is 5.75 Å². The van der Waals surface area contributed by atoms with Crippen molar-refractivity contribution in [2.75, 3.05) is 7.11 Å². The Balaban J connectivity index is 3.02. The molecule has 0 N–H and O–H groups in total. The van der Waals surface area contributed by atoms with E-state index in [9.17, 15) is 0 Å². The maximum Gasteiger partial charge on any atom is 0.123 e. The van der Waals surface area contributed by atoms with Gasteiger partial charge in [0, 0.05) is 10.8 Å². The average molecular weight is 168 g/mol. The van der Waals surface area contributed by atoms with Crippen molar-refractivity contribution in [2.45, 2.75) is 12.2 Å². The van der Waals surface area contributed by atoms with Gasteiger partial charge in [0.15, 0.2) is 0 Å². The maximum absolute atomic E-state index is 5.16. The molecule has 0 amide bonds. The zero-order valence-electron chi connectivity index (χ0n) is 6.74. The molecular weight excluding hydrogens is 156 g/mol. The van der Waals surface area contributed by atoms with Crippen molar-refractivity contribution in [3.63, 3.8) is 0 Å². The standard InChI is InChI=1S/C9H12OS/c1-7(11)8-5-3-4-6-9(8)10-2/h3-7,11H,1-2H3. The third kappa shape index (κ3) is 1.90. The SMILES string of the molecule is COc1ccccc1C(C)S. The Labute approximate surface area is 72.8 Å². The molecular formula is C9H12OS. The molecule has 0 aromatic heterocycles. The number of benzene rings is 1. The largest absolute Gasteiger partial charge is 0.496 e. The number of methoxy groups -OCH3 is 1. The molecule has 0 heterocycles. The highest BCUT2D eigenvalue weighted by atomic mass is 32.1. The van der Waals surface area contributed by atoms with Gasteiger partial charge in [0.1, 0.15) is 5.75 Å². The van der Waals surface area contributed by atoms with Gasteiger partial charge in [0.05, 0.1) is 7.11 Å². The van der Waals surface area contributed by atoms with Crippen molar-refractivity contribution in [3.05, 3.63) is 29.8 Å². The van der Waals surface area contributed by atoms with Crippen molar-refractivity contribution in [3.8, 4) is 5.75 Å². The summed E-state index contributed by atoms with van der Waals surface area (Å²) in [5, 5.41) is 0.228. The molecule has 0 aliphatic rings. The van der Waals surface area contributed by atoms with E-state index in [0.29, 0.717) is 0 Å². The first-order valence-corrected chi connectivity index (χ1v) is 4.08. The molecule has 1 aromatic carbocycles. The molecule has 60 valence electrons. The number of rotatable bonds is 2. The molecule has 1 nitrogen and oxygen atoms in total. The molecule has 1 aromatic rings. The Morgan fingerprint density at radius 2 is 2.00 bits per heavy atom. The van der Waals surface area contributed by atoms with Crippen molar-refractivity contribution >= 4 is 12.6 Å². The van der Waals surface area contributed by atoms with Crippen molar-refractivity contribution in [1.82, 2.24) is 0 Å². The van der Waals surface area contributed by atoms with E-state index in [0.717, 1.165) is 11.3 Å². The van der Waals surface area contributed by atoms with Crippen molar-refractivity contribution < 1.29 is 4.74 Å². The molecule has 0 bridgehead atoms. The van der Waals surface area contributed by atoms with Gasteiger partial charge in [-0.1, -0.05) is 18.2 Å². The summed E-state index contributed by atoms with van der Waals surface area (Å²) >= 11 is 4.33. The molecule has 0 fully saturated rings. The lowest BCUT2D eigenvalue weighted by Gasteiger charge is -2.09. The molecule has 2 heteroatoms. The molecule has 1 rings (SSSR count). The Morgan fingerprint density at radius 3 is 2.45 bits per heavy atom. The Hall–Kier alpha value is -0.630. The summed E-state index contributed by atoms with van der Waals surface area (Å²) < 4.78 is 5.16. The second-order valence-electron chi connectivity index (χ2n) is 2.42. The van der Waals surface area contributed by atoms with Crippen LogP contribution < -0.4 is 4.74 Å². The van der Waals surface area contributed by atoms with Crippen LogP contribution in [0.15, 0.2) is 24.3 Å². The van der Waals surface area contributed by atoms with Crippen LogP contribution in [0, 0.1) is 0 Å². The molecule has 0 spiro atoms. The molecule has 1 atom stereocenters. The van der Waals surface area contributed by atoms with Crippen LogP contribution in [0.3, 0.4) is 0 Å². The third-order valence-corrected chi connectivity index (χ3v) is 1.87. The van der Waals surface area contributed by atoms with E-state index in [-0.39, 0.29) is 5.25 Å². The Morgan fingerprint density at radius 1 is 1.36 bits per heavy atom. The molecule has 0 radical (unpaired) electrons. The highest BCUT2D eigenvalue weighted by Gasteiger charge is 2.04. The number of para-hydroxylation sites is 1. The van der Waals surface area contributed by atoms with Crippen LogP contribution >= 0.6 is 12.6 Å². The lowest BCUT2D eigenvalue weighted by atomic mass is 10.1. The monoisotopic (exact) mass is 168 g/mol. The molecule has 1 unspecified atom stereocenters. The van der Waals surface area contributed by atoms with E-state index in [1.807, 2.05) is 31.2 Å². The van der Waals surface area contributed by atoms with E-state index in [2.05, 4.69) is 12.6 Å². The van der Waals surface area contributed by atoms with Crippen LogP contribution in [-0.4, -0.2) is 7.11 Å². The van der Waals surface area contributed by atoms with Gasteiger partial charge in [0.2, 0.25) is 0 Å². The minimum absolute atomic E-state index is 0.228. The topological polar surface area (TPSA) is 9.23 Å². The first-order valence-electron chi connectivity index (χ1n) is 3.56. The first kappa shape index (κ1) is 8.47. The Bertz CT molecular complexity index is 233. The fourth-order valence-corrected chi connectivity index (χ4v) is 1.22. The highest BCUT2D eigenvalue weighted by Crippen LogP contribution is 2.27. The van der Waals surface area contributed by atoms with Gasteiger partial charge in [-0.25, -0.2) is 0 Å². The fourth-order valence-electron chi connectivity index (χ4n) is 1.01. The molecule has 0 aliphatic heterocycles. The maximum atomic E-state index is 5.16. The molecule has 11 heavy (non-hydrogen) atoms. The molecule has 0 saturated carbocycles. The van der Waals surface area contributed by atoms with Crippen LogP contribution in [0.25, 0.3) is 0 Å². The molecule has 0 saturated heterocycles. The smallest absolute Gasteiger partial charge is 0.123 e. The Kier molecular flexibility index (Phi) is 2.83. The van der Waals surface area contributed by atoms with Crippen molar-refractivity contribution in [2.24, 2.45) is 0 Å². The summed E-state index contributed by atoms with van der Waals surface area (Å²) in [6.07, 6.45) is 0. The number of hydrogen-bond donors (Lipinski definition) is 1. The first-order chi connectivity index (χ1) is 5.25. The quantitative estimate of drug-likeness (QED) is 0.668. The van der Waals surface area contributed by atoms with Gasteiger partial charge in [0.25, 0.3) is 0 Å². The summed E-state index contributed by atoms with van der Waals surface area (Å²) in [6.45, 7) is 2.03. The number of thiol groups is 1. The summed E-state index contributed by atoms with van der Waals surface area (Å²) in [6, 6.07) is 7.92. The minimum Gasteiger partial charge on any atom is -0.496 e. The lowest BCUT2D eigenvalue weighted by Crippen LogP contribution is -1.91. The summed E-state index contributed by atoms with van der Waals surface area (Å²) in [5.41, 5.74) is 1.14. The van der Waals surface area contributed by atoms with Crippen LogP contribution in [0.4, 0.5) is 0 Å². The van der Waals surface area contributed by atoms with E-state index in [1.165, 1.54) is 0 Å². The molecule has 0 aliphatic carbocycles. The second-order valence-corrected chi connectivity index (χ2v) is 3.19. The van der Waals surface area contributed by atoms with Gasteiger partial charge in [-0.15, -0.1) is 0 Å². The second kappa shape index (κ2) is 3.67. The summed E-state index contributed by atoms with van der Waals surface area (Å²) in [4.78, 5) is 0. The van der Waals surface area contributed by atoms with Crippen LogP contribution in [0.1, 0.15) is 17.7 Å². The van der Waals surface area contributed by atoms with Crippen LogP contribution in [0.2, 0.25) is 0 Å². The van der Waals surface area contributed by atoms with E-state index >= 15 is 0 Å². The normalized spacial score (nSPS) is 12.6. The minimum atomic E-state index is 0.228. The van der Waals surface area contributed by atoms with Gasteiger partial charge in [-0.05, 0) is 13.0 Å². The van der Waals surface area contributed by atoms with Crippen LogP contribution in [-0.2, 0) is 0 Å². The van der Waals surface area contributed by atoms with Gasteiger partial charge < -0.3 is 4.74 Å². The van der Waals surface area contributed by atoms with Crippen molar-refractivity contribution in [1.29, 1.82) is 0 Å². The average Bonchev–Trinajstić information content (AvgIpc) is 2.04. The van der Waals surface area contributed by atoms with E-state index < -0.39 is 0 Å². The fraction of sp³-hybridized carbons (Fsp3) is 0.333. The highest BCUT2D eigenvalue weighted by molar-refractivity contribution is 7.80. The predicted molar refractivity (Wildman–Crippen MR) is 50.4 cm³/mol. The third-order valence-electron chi connectivity index (χ3n) is 1.59.